The van der Waals surface area contributed by atoms with Crippen LogP contribution in [0.2, 0.25) is 0 Å². The van der Waals surface area contributed by atoms with Crippen LogP contribution in [0.5, 0.6) is 0 Å². The summed E-state index contributed by atoms with van der Waals surface area (Å²) in [6, 6.07) is 2.70. The van der Waals surface area contributed by atoms with Crippen LogP contribution in [-0.4, -0.2) is 15.5 Å². The molecule has 6 heteroatoms. The molecule has 0 atom stereocenters. The zero-order valence-electron chi connectivity index (χ0n) is 8.95. The molecule has 17 heavy (non-hydrogen) atoms. The van der Waals surface area contributed by atoms with Crippen LogP contribution < -0.4 is 5.32 Å². The zero-order chi connectivity index (χ0) is 12.4. The molecule has 2 rings (SSSR count). The second kappa shape index (κ2) is 4.32. The third-order valence-electron chi connectivity index (χ3n) is 2.22. The number of aromatic nitrogens is 2. The van der Waals surface area contributed by atoms with Crippen LogP contribution >= 0.6 is 0 Å². The van der Waals surface area contributed by atoms with Crippen LogP contribution in [0, 0.1) is 11.6 Å². The number of anilines is 1. The third kappa shape index (κ3) is 2.30. The third-order valence-corrected chi connectivity index (χ3v) is 2.22. The Labute approximate surface area is 95.9 Å². The van der Waals surface area contributed by atoms with Crippen molar-refractivity contribution in [3.8, 4) is 0 Å². The lowest BCUT2D eigenvalue weighted by molar-refractivity contribution is 0.102. The summed E-state index contributed by atoms with van der Waals surface area (Å²) >= 11 is 0. The van der Waals surface area contributed by atoms with Crippen molar-refractivity contribution in [3.63, 3.8) is 0 Å². The number of carbonyl (C=O) groups is 1. The minimum Gasteiger partial charge on any atom is -0.320 e. The van der Waals surface area contributed by atoms with Crippen molar-refractivity contribution in [2.75, 3.05) is 5.32 Å². The van der Waals surface area contributed by atoms with Crippen LogP contribution in [0.1, 0.15) is 10.4 Å². The van der Waals surface area contributed by atoms with Gasteiger partial charge in [-0.3, -0.25) is 10.1 Å². The number of benzene rings is 1. The van der Waals surface area contributed by atoms with Crippen molar-refractivity contribution in [3.05, 3.63) is 47.8 Å². The fourth-order valence-corrected chi connectivity index (χ4v) is 1.33. The Morgan fingerprint density at radius 2 is 2.18 bits per heavy atom. The van der Waals surface area contributed by atoms with Crippen LogP contribution in [0.15, 0.2) is 30.6 Å². The maximum absolute atomic E-state index is 13.3. The van der Waals surface area contributed by atoms with Gasteiger partial charge >= 0.3 is 0 Å². The SMILES string of the molecule is Cn1ccnc1NC(=O)c1cc(F)ccc1F. The van der Waals surface area contributed by atoms with Crippen molar-refractivity contribution < 1.29 is 13.6 Å². The molecular weight excluding hydrogens is 228 g/mol. The van der Waals surface area contributed by atoms with Crippen molar-refractivity contribution in [2.24, 2.45) is 7.05 Å². The average Bonchev–Trinajstić information content (AvgIpc) is 2.68. The van der Waals surface area contributed by atoms with Gasteiger partial charge in [0.25, 0.3) is 5.91 Å². The summed E-state index contributed by atoms with van der Waals surface area (Å²) in [6.45, 7) is 0. The van der Waals surface area contributed by atoms with E-state index < -0.39 is 17.5 Å². The first-order valence-corrected chi connectivity index (χ1v) is 4.81. The molecule has 0 bridgehead atoms. The number of imidazole rings is 1. The van der Waals surface area contributed by atoms with Gasteiger partial charge in [-0.2, -0.15) is 0 Å². The Morgan fingerprint density at radius 1 is 1.41 bits per heavy atom. The van der Waals surface area contributed by atoms with Gasteiger partial charge in [-0.15, -0.1) is 0 Å². The van der Waals surface area contributed by atoms with E-state index in [1.165, 1.54) is 6.20 Å². The summed E-state index contributed by atoms with van der Waals surface area (Å²) in [5.41, 5.74) is -0.354. The Kier molecular flexibility index (Phi) is 2.86. The van der Waals surface area contributed by atoms with Crippen molar-refractivity contribution in [1.82, 2.24) is 9.55 Å². The van der Waals surface area contributed by atoms with Crippen molar-refractivity contribution in [2.45, 2.75) is 0 Å². The van der Waals surface area contributed by atoms with E-state index in [-0.39, 0.29) is 11.5 Å². The molecule has 0 aliphatic carbocycles. The zero-order valence-corrected chi connectivity index (χ0v) is 8.95. The van der Waals surface area contributed by atoms with E-state index in [1.807, 2.05) is 0 Å². The van der Waals surface area contributed by atoms with Gasteiger partial charge in [-0.1, -0.05) is 0 Å². The molecule has 1 heterocycles. The average molecular weight is 237 g/mol. The van der Waals surface area contributed by atoms with E-state index in [4.69, 9.17) is 0 Å². The number of nitrogens with one attached hydrogen (secondary N) is 1. The molecule has 0 unspecified atom stereocenters. The normalized spacial score (nSPS) is 10.3. The number of halogens is 2. The van der Waals surface area contributed by atoms with Gasteiger partial charge in [-0.05, 0) is 18.2 Å². The quantitative estimate of drug-likeness (QED) is 0.867. The van der Waals surface area contributed by atoms with Gasteiger partial charge in [0.2, 0.25) is 5.95 Å². The molecule has 1 N–H and O–H groups in total. The standard InChI is InChI=1S/C11H9F2N3O/c1-16-5-4-14-11(16)15-10(17)8-6-7(12)2-3-9(8)13/h2-6H,1H3,(H,14,15,17). The lowest BCUT2D eigenvalue weighted by Crippen LogP contribution is -2.16. The summed E-state index contributed by atoms with van der Waals surface area (Å²) in [6.07, 6.45) is 3.11. The van der Waals surface area contributed by atoms with Gasteiger partial charge in [0, 0.05) is 19.4 Å². The second-order valence-corrected chi connectivity index (χ2v) is 3.44. The highest BCUT2D eigenvalue weighted by molar-refractivity contribution is 6.03. The summed E-state index contributed by atoms with van der Waals surface area (Å²) in [5.74, 6) is -1.93. The highest BCUT2D eigenvalue weighted by Gasteiger charge is 2.14. The minimum atomic E-state index is -0.780. The molecule has 0 aliphatic heterocycles. The molecule has 2 aromatic rings. The Morgan fingerprint density at radius 3 is 2.82 bits per heavy atom. The summed E-state index contributed by atoms with van der Waals surface area (Å²) in [7, 11) is 1.67. The fourth-order valence-electron chi connectivity index (χ4n) is 1.33. The summed E-state index contributed by atoms with van der Waals surface area (Å²) < 4.78 is 27.7. The number of carbonyl (C=O) groups excluding carboxylic acids is 1. The van der Waals surface area contributed by atoms with Crippen LogP contribution in [0.25, 0.3) is 0 Å². The van der Waals surface area contributed by atoms with Crippen LogP contribution in [0.4, 0.5) is 14.7 Å². The molecule has 1 amide bonds. The highest BCUT2D eigenvalue weighted by atomic mass is 19.1. The number of rotatable bonds is 2. The monoisotopic (exact) mass is 237 g/mol. The van der Waals surface area contributed by atoms with Gasteiger partial charge in [-0.25, -0.2) is 13.8 Å². The Hall–Kier alpha value is -2.24. The van der Waals surface area contributed by atoms with Crippen LogP contribution in [0.3, 0.4) is 0 Å². The maximum Gasteiger partial charge on any atom is 0.261 e. The van der Waals surface area contributed by atoms with E-state index in [9.17, 15) is 13.6 Å². The number of hydrogen-bond acceptors (Lipinski definition) is 2. The fraction of sp³-hybridized carbons (Fsp3) is 0.0909. The number of hydrogen-bond donors (Lipinski definition) is 1. The van der Waals surface area contributed by atoms with E-state index in [1.54, 1.807) is 17.8 Å². The molecule has 0 saturated carbocycles. The molecule has 4 nitrogen and oxygen atoms in total. The molecule has 1 aromatic heterocycles. The Balaban J connectivity index is 2.26. The topological polar surface area (TPSA) is 46.9 Å². The predicted octanol–water partition coefficient (Wildman–Crippen LogP) is 1.95. The minimum absolute atomic E-state index is 0.263. The van der Waals surface area contributed by atoms with Gasteiger partial charge in [0.15, 0.2) is 0 Å². The first-order chi connectivity index (χ1) is 8.08. The summed E-state index contributed by atoms with van der Waals surface area (Å²) in [5, 5.41) is 2.38. The summed E-state index contributed by atoms with van der Waals surface area (Å²) in [4.78, 5) is 15.5. The van der Waals surface area contributed by atoms with E-state index in [0.717, 1.165) is 18.2 Å². The number of amides is 1. The molecule has 0 radical (unpaired) electrons. The van der Waals surface area contributed by atoms with E-state index in [0.29, 0.717) is 0 Å². The van der Waals surface area contributed by atoms with Gasteiger partial charge < -0.3 is 4.57 Å². The van der Waals surface area contributed by atoms with E-state index in [2.05, 4.69) is 10.3 Å². The van der Waals surface area contributed by atoms with Crippen molar-refractivity contribution in [1.29, 1.82) is 0 Å². The van der Waals surface area contributed by atoms with Crippen LogP contribution in [-0.2, 0) is 7.05 Å². The number of nitrogens with zero attached hydrogens (tertiary/aromatic N) is 2. The molecule has 0 spiro atoms. The molecule has 0 saturated heterocycles. The Bertz CT molecular complexity index is 566. The molecule has 1 aromatic carbocycles. The first kappa shape index (κ1) is 11.3. The first-order valence-electron chi connectivity index (χ1n) is 4.81. The highest BCUT2D eigenvalue weighted by Crippen LogP contribution is 2.12. The largest absolute Gasteiger partial charge is 0.320 e. The van der Waals surface area contributed by atoms with Crippen molar-refractivity contribution >= 4 is 11.9 Å². The molecule has 88 valence electrons. The van der Waals surface area contributed by atoms with Gasteiger partial charge in [0.1, 0.15) is 11.6 Å². The number of aryl methyl sites for hydroxylation is 1. The lowest BCUT2D eigenvalue weighted by atomic mass is 10.2. The second-order valence-electron chi connectivity index (χ2n) is 3.44. The molecular formula is C11H9F2N3O. The molecule has 0 fully saturated rings. The molecule has 0 aliphatic rings. The predicted molar refractivity (Wildman–Crippen MR) is 57.5 cm³/mol. The van der Waals surface area contributed by atoms with Gasteiger partial charge in [0.05, 0.1) is 5.56 Å². The van der Waals surface area contributed by atoms with E-state index >= 15 is 0 Å². The maximum atomic E-state index is 13.3. The lowest BCUT2D eigenvalue weighted by Gasteiger charge is -2.05. The smallest absolute Gasteiger partial charge is 0.261 e.